The smallest absolute Gasteiger partial charge is 0.243 e. The molecule has 2 heterocycles. The van der Waals surface area contributed by atoms with Gasteiger partial charge in [0.2, 0.25) is 10.0 Å². The highest BCUT2D eigenvalue weighted by Gasteiger charge is 2.26. The minimum Gasteiger partial charge on any atom is -0.379 e. The fourth-order valence-corrected chi connectivity index (χ4v) is 4.21. The van der Waals surface area contributed by atoms with Crippen LogP contribution in [0.25, 0.3) is 0 Å². The summed E-state index contributed by atoms with van der Waals surface area (Å²) >= 11 is 0. The molecule has 5 nitrogen and oxygen atoms in total. The van der Waals surface area contributed by atoms with Crippen LogP contribution in [0.1, 0.15) is 11.1 Å². The van der Waals surface area contributed by atoms with E-state index in [1.165, 1.54) is 9.87 Å². The van der Waals surface area contributed by atoms with Crippen LogP contribution < -0.4 is 5.32 Å². The van der Waals surface area contributed by atoms with Gasteiger partial charge in [-0.1, -0.05) is 6.07 Å². The van der Waals surface area contributed by atoms with Crippen LogP contribution in [0.2, 0.25) is 0 Å². The summed E-state index contributed by atoms with van der Waals surface area (Å²) in [4.78, 5) is 0.417. The number of hydrogen-bond acceptors (Lipinski definition) is 4. The largest absolute Gasteiger partial charge is 0.379 e. The summed E-state index contributed by atoms with van der Waals surface area (Å²) in [5.74, 6) is 0. The maximum absolute atomic E-state index is 12.6. The van der Waals surface area contributed by atoms with Crippen molar-refractivity contribution in [1.29, 1.82) is 0 Å². The fraction of sp³-hybridized carbons (Fsp3) is 0.571. The van der Waals surface area contributed by atoms with Gasteiger partial charge in [-0.25, -0.2) is 8.42 Å². The van der Waals surface area contributed by atoms with Crippen LogP contribution in [0.15, 0.2) is 23.1 Å². The normalized spacial score (nSPS) is 21.2. The molecule has 1 N–H and O–H groups in total. The van der Waals surface area contributed by atoms with Crippen molar-refractivity contribution >= 4 is 10.0 Å². The first kappa shape index (κ1) is 14.0. The number of hydrogen-bond donors (Lipinski definition) is 1. The Morgan fingerprint density at radius 3 is 2.50 bits per heavy atom. The van der Waals surface area contributed by atoms with Crippen molar-refractivity contribution in [3.05, 3.63) is 29.3 Å². The molecular weight excluding hydrogens is 276 g/mol. The molecule has 0 bridgehead atoms. The zero-order chi connectivity index (χ0) is 14.0. The Hall–Kier alpha value is -0.950. The van der Waals surface area contributed by atoms with Gasteiger partial charge in [-0.15, -0.1) is 0 Å². The lowest BCUT2D eigenvalue weighted by atomic mass is 10.0. The second-order valence-electron chi connectivity index (χ2n) is 5.20. The molecule has 0 spiro atoms. The average Bonchev–Trinajstić information content (AvgIpc) is 2.72. The molecule has 1 aromatic carbocycles. The molecule has 3 rings (SSSR count). The van der Waals surface area contributed by atoms with Gasteiger partial charge < -0.3 is 10.1 Å². The van der Waals surface area contributed by atoms with Crippen LogP contribution in [0.3, 0.4) is 0 Å². The van der Waals surface area contributed by atoms with Crippen LogP contribution >= 0.6 is 0 Å². The van der Waals surface area contributed by atoms with Crippen LogP contribution in [-0.4, -0.2) is 52.1 Å². The molecule has 2 aliphatic heterocycles. The summed E-state index contributed by atoms with van der Waals surface area (Å²) in [6.45, 7) is 3.72. The minimum absolute atomic E-state index is 0.417. The predicted octanol–water partition coefficient (Wildman–Crippen LogP) is 0.396. The van der Waals surface area contributed by atoms with E-state index in [1.54, 1.807) is 6.07 Å². The summed E-state index contributed by atoms with van der Waals surface area (Å²) < 4.78 is 32.0. The summed E-state index contributed by atoms with van der Waals surface area (Å²) in [5, 5.41) is 3.34. The quantitative estimate of drug-likeness (QED) is 0.858. The number of benzene rings is 1. The van der Waals surface area contributed by atoms with Gasteiger partial charge in [0.25, 0.3) is 0 Å². The van der Waals surface area contributed by atoms with Crippen molar-refractivity contribution in [2.45, 2.75) is 17.7 Å². The van der Waals surface area contributed by atoms with E-state index in [4.69, 9.17) is 4.74 Å². The molecule has 0 unspecified atom stereocenters. The molecule has 0 aliphatic carbocycles. The van der Waals surface area contributed by atoms with E-state index in [9.17, 15) is 8.42 Å². The zero-order valence-corrected chi connectivity index (χ0v) is 12.3. The number of morpholine rings is 1. The molecule has 2 aliphatic rings. The third-order valence-electron chi connectivity index (χ3n) is 3.93. The van der Waals surface area contributed by atoms with Crippen LogP contribution in [0, 0.1) is 0 Å². The summed E-state index contributed by atoms with van der Waals surface area (Å²) in [7, 11) is -3.37. The van der Waals surface area contributed by atoms with Gasteiger partial charge in [0, 0.05) is 13.1 Å². The van der Waals surface area contributed by atoms with E-state index in [2.05, 4.69) is 5.32 Å². The Balaban J connectivity index is 1.91. The molecular formula is C14H20N2O3S. The molecule has 0 radical (unpaired) electrons. The van der Waals surface area contributed by atoms with Gasteiger partial charge in [-0.2, -0.15) is 4.31 Å². The lowest BCUT2D eigenvalue weighted by Gasteiger charge is -2.26. The standard InChI is InChI=1S/C14H20N2O3S/c17-20(18,16-7-9-19-10-8-16)14-2-1-12-3-5-15-6-4-13(12)11-14/h1-2,11,15H,3-10H2. The SMILES string of the molecule is O=S(=O)(c1ccc2c(c1)CCNCC2)N1CCOCC1. The van der Waals surface area contributed by atoms with Crippen LogP contribution in [0.5, 0.6) is 0 Å². The first-order valence-corrected chi connectivity index (χ1v) is 8.52. The van der Waals surface area contributed by atoms with Gasteiger partial charge >= 0.3 is 0 Å². The molecule has 110 valence electrons. The monoisotopic (exact) mass is 296 g/mol. The predicted molar refractivity (Wildman–Crippen MR) is 76.3 cm³/mol. The van der Waals surface area contributed by atoms with Crippen molar-refractivity contribution in [2.24, 2.45) is 0 Å². The van der Waals surface area contributed by atoms with Gasteiger partial charge in [-0.3, -0.25) is 0 Å². The summed E-state index contributed by atoms with van der Waals surface area (Å²) in [6, 6.07) is 5.57. The number of nitrogens with zero attached hydrogens (tertiary/aromatic N) is 1. The van der Waals surface area contributed by atoms with Crippen molar-refractivity contribution in [2.75, 3.05) is 39.4 Å². The second kappa shape index (κ2) is 5.81. The van der Waals surface area contributed by atoms with Gasteiger partial charge in [0.05, 0.1) is 18.1 Å². The highest BCUT2D eigenvalue weighted by atomic mass is 32.2. The number of rotatable bonds is 2. The lowest BCUT2D eigenvalue weighted by Crippen LogP contribution is -2.40. The maximum Gasteiger partial charge on any atom is 0.243 e. The third-order valence-corrected chi connectivity index (χ3v) is 5.82. The van der Waals surface area contributed by atoms with Crippen molar-refractivity contribution < 1.29 is 13.2 Å². The van der Waals surface area contributed by atoms with Gasteiger partial charge in [-0.05, 0) is 49.2 Å². The molecule has 0 saturated carbocycles. The molecule has 0 aromatic heterocycles. The van der Waals surface area contributed by atoms with Crippen LogP contribution in [0.4, 0.5) is 0 Å². The van der Waals surface area contributed by atoms with E-state index in [1.807, 2.05) is 12.1 Å². The summed E-state index contributed by atoms with van der Waals surface area (Å²) in [5.41, 5.74) is 2.42. The second-order valence-corrected chi connectivity index (χ2v) is 7.13. The third kappa shape index (κ3) is 2.74. The van der Waals surface area contributed by atoms with Gasteiger partial charge in [0.15, 0.2) is 0 Å². The van der Waals surface area contributed by atoms with Crippen LogP contribution in [-0.2, 0) is 27.6 Å². The maximum atomic E-state index is 12.6. The number of fused-ring (bicyclic) bond motifs is 1. The zero-order valence-electron chi connectivity index (χ0n) is 11.5. The lowest BCUT2D eigenvalue weighted by molar-refractivity contribution is 0.0730. The van der Waals surface area contributed by atoms with Crippen molar-refractivity contribution in [3.63, 3.8) is 0 Å². The number of ether oxygens (including phenoxy) is 1. The van der Waals surface area contributed by atoms with Gasteiger partial charge in [0.1, 0.15) is 0 Å². The number of sulfonamides is 1. The van der Waals surface area contributed by atoms with E-state index in [0.29, 0.717) is 31.2 Å². The van der Waals surface area contributed by atoms with E-state index < -0.39 is 10.0 Å². The highest BCUT2D eigenvalue weighted by Crippen LogP contribution is 2.22. The highest BCUT2D eigenvalue weighted by molar-refractivity contribution is 7.89. The van der Waals surface area contributed by atoms with Crippen molar-refractivity contribution in [1.82, 2.24) is 9.62 Å². The minimum atomic E-state index is -3.37. The molecule has 6 heteroatoms. The molecule has 1 aromatic rings. The summed E-state index contributed by atoms with van der Waals surface area (Å²) in [6.07, 6.45) is 1.86. The fourth-order valence-electron chi connectivity index (χ4n) is 2.75. The Kier molecular flexibility index (Phi) is 4.07. The number of nitrogens with one attached hydrogen (secondary N) is 1. The first-order valence-electron chi connectivity index (χ1n) is 7.08. The molecule has 0 amide bonds. The molecule has 0 atom stereocenters. The topological polar surface area (TPSA) is 58.6 Å². The Morgan fingerprint density at radius 2 is 1.75 bits per heavy atom. The first-order chi connectivity index (χ1) is 9.68. The average molecular weight is 296 g/mol. The van der Waals surface area contributed by atoms with Crippen molar-refractivity contribution in [3.8, 4) is 0 Å². The van der Waals surface area contributed by atoms with E-state index >= 15 is 0 Å². The molecule has 1 saturated heterocycles. The Morgan fingerprint density at radius 1 is 1.05 bits per heavy atom. The Labute approximate surface area is 120 Å². The van der Waals surface area contributed by atoms with E-state index in [-0.39, 0.29) is 0 Å². The molecule has 1 fully saturated rings. The van der Waals surface area contributed by atoms with E-state index in [0.717, 1.165) is 31.5 Å². The molecule has 20 heavy (non-hydrogen) atoms. The Bertz CT molecular complexity index is 580.